The highest BCUT2D eigenvalue weighted by atomic mass is 16.4. The van der Waals surface area contributed by atoms with Crippen molar-refractivity contribution in [3.05, 3.63) is 29.8 Å². The van der Waals surface area contributed by atoms with Crippen LogP contribution in [0, 0.1) is 5.92 Å². The molecule has 9 N–H and O–H groups in total. The number of aromatic hydroxyl groups is 1. The van der Waals surface area contributed by atoms with Gasteiger partial charge in [-0.15, -0.1) is 0 Å². The molecule has 14 nitrogen and oxygen atoms in total. The van der Waals surface area contributed by atoms with Crippen molar-refractivity contribution in [2.45, 2.75) is 103 Å². The van der Waals surface area contributed by atoms with Crippen molar-refractivity contribution in [1.82, 2.24) is 26.6 Å². The van der Waals surface area contributed by atoms with Crippen LogP contribution in [0.3, 0.4) is 0 Å². The summed E-state index contributed by atoms with van der Waals surface area (Å²) in [6.07, 6.45) is 3.12. The van der Waals surface area contributed by atoms with Gasteiger partial charge in [-0.3, -0.25) is 24.0 Å². The van der Waals surface area contributed by atoms with E-state index in [2.05, 4.69) is 26.6 Å². The lowest BCUT2D eigenvalue weighted by molar-refractivity contribution is -0.142. The first-order valence-corrected chi connectivity index (χ1v) is 15.4. The number of nitrogens with two attached hydrogens (primary N) is 1. The molecular weight excluding hydrogens is 584 g/mol. The molecule has 1 rings (SSSR count). The van der Waals surface area contributed by atoms with Crippen LogP contribution in [-0.4, -0.2) is 83.0 Å². The topological polar surface area (TPSA) is 229 Å². The van der Waals surface area contributed by atoms with E-state index in [0.29, 0.717) is 37.8 Å². The van der Waals surface area contributed by atoms with Crippen LogP contribution in [0.15, 0.2) is 24.3 Å². The van der Waals surface area contributed by atoms with E-state index in [4.69, 9.17) is 5.73 Å². The third-order valence-electron chi connectivity index (χ3n) is 6.91. The van der Waals surface area contributed by atoms with Gasteiger partial charge in [0.2, 0.25) is 29.5 Å². The van der Waals surface area contributed by atoms with Crippen LogP contribution in [0.4, 0.5) is 0 Å². The summed E-state index contributed by atoms with van der Waals surface area (Å²) in [5.74, 6) is -4.16. The van der Waals surface area contributed by atoms with Gasteiger partial charge in [0.1, 0.15) is 29.9 Å². The van der Waals surface area contributed by atoms with E-state index >= 15 is 0 Å². The van der Waals surface area contributed by atoms with Crippen LogP contribution in [0.5, 0.6) is 5.75 Å². The van der Waals surface area contributed by atoms with Gasteiger partial charge in [0.05, 0.1) is 6.54 Å². The number of carboxylic acids is 1. The summed E-state index contributed by atoms with van der Waals surface area (Å²) in [5, 5.41) is 32.2. The molecule has 0 aliphatic rings. The Balaban J connectivity index is 3.11. The van der Waals surface area contributed by atoms with E-state index in [0.717, 1.165) is 6.42 Å². The Morgan fingerprint density at radius 3 is 1.84 bits per heavy atom. The number of unbranched alkanes of at least 4 members (excludes halogenated alkanes) is 2. The Labute approximate surface area is 264 Å². The summed E-state index contributed by atoms with van der Waals surface area (Å²) in [6, 6.07) is 1.52. The lowest BCUT2D eigenvalue weighted by Crippen LogP contribution is -2.58. The third-order valence-corrected chi connectivity index (χ3v) is 6.91. The van der Waals surface area contributed by atoms with Gasteiger partial charge in [-0.1, -0.05) is 45.7 Å². The first kappa shape index (κ1) is 38.8. The molecule has 0 heterocycles. The number of hydrogen-bond acceptors (Lipinski definition) is 8. The molecule has 0 unspecified atom stereocenters. The summed E-state index contributed by atoms with van der Waals surface area (Å²) >= 11 is 0. The molecule has 0 saturated heterocycles. The van der Waals surface area contributed by atoms with Crippen LogP contribution >= 0.6 is 0 Å². The number of carbonyl (C=O) groups is 6. The second-order valence-electron chi connectivity index (χ2n) is 11.5. The van der Waals surface area contributed by atoms with Gasteiger partial charge in [-0.05, 0) is 62.3 Å². The second-order valence-corrected chi connectivity index (χ2v) is 11.5. The lowest BCUT2D eigenvalue weighted by Gasteiger charge is -2.27. The molecule has 4 atom stereocenters. The molecule has 14 heteroatoms. The molecule has 45 heavy (non-hydrogen) atoms. The minimum atomic E-state index is -1.30. The zero-order chi connectivity index (χ0) is 33.9. The van der Waals surface area contributed by atoms with Crippen LogP contribution in [0.2, 0.25) is 0 Å². The monoisotopic (exact) mass is 634 g/mol. The van der Waals surface area contributed by atoms with Crippen LogP contribution in [-0.2, 0) is 35.2 Å². The fraction of sp³-hybridized carbons (Fsp3) is 0.613. The molecule has 0 radical (unpaired) electrons. The number of benzene rings is 1. The fourth-order valence-corrected chi connectivity index (χ4v) is 4.48. The smallest absolute Gasteiger partial charge is 0.326 e. The van der Waals surface area contributed by atoms with Gasteiger partial charge in [0.25, 0.3) is 0 Å². The largest absolute Gasteiger partial charge is 0.508 e. The number of carbonyl (C=O) groups excluding carboxylic acids is 5. The number of amides is 5. The number of aliphatic carboxylic acids is 1. The van der Waals surface area contributed by atoms with E-state index in [1.807, 2.05) is 20.8 Å². The van der Waals surface area contributed by atoms with E-state index in [9.17, 15) is 39.0 Å². The van der Waals surface area contributed by atoms with Crippen LogP contribution in [0.25, 0.3) is 0 Å². The predicted octanol–water partition coefficient (Wildman–Crippen LogP) is 0.460. The molecule has 0 spiro atoms. The molecule has 0 aromatic heterocycles. The second kappa shape index (κ2) is 20.7. The highest BCUT2D eigenvalue weighted by Gasteiger charge is 2.31. The number of hydrogen-bond donors (Lipinski definition) is 8. The SMILES string of the molecule is CCCC[C@H](NC(=O)CNC(C)=O)C(=O)N[C@@H](CCCCN)C(=O)N[C@@H](CC(C)C)C(=O)N[C@@H](Cc1ccc(O)cc1)C(=O)O. The Kier molecular flexibility index (Phi) is 17.9. The minimum Gasteiger partial charge on any atom is -0.508 e. The molecule has 252 valence electrons. The Morgan fingerprint density at radius 2 is 1.31 bits per heavy atom. The summed E-state index contributed by atoms with van der Waals surface area (Å²) in [7, 11) is 0. The van der Waals surface area contributed by atoms with Gasteiger partial charge < -0.3 is 42.5 Å². The van der Waals surface area contributed by atoms with E-state index in [-0.39, 0.29) is 37.5 Å². The number of phenolic OH excluding ortho intramolecular Hbond substituents is 1. The van der Waals surface area contributed by atoms with Crippen molar-refractivity contribution in [3.63, 3.8) is 0 Å². The van der Waals surface area contributed by atoms with Crippen molar-refractivity contribution < 1.29 is 39.0 Å². The van der Waals surface area contributed by atoms with Crippen molar-refractivity contribution in [2.75, 3.05) is 13.1 Å². The number of rotatable bonds is 21. The quantitative estimate of drug-likeness (QED) is 0.0877. The molecule has 1 aromatic rings. The molecule has 0 aliphatic carbocycles. The molecule has 1 aromatic carbocycles. The van der Waals surface area contributed by atoms with Gasteiger partial charge in [-0.2, -0.15) is 0 Å². The van der Waals surface area contributed by atoms with Crippen molar-refractivity contribution >= 4 is 35.5 Å². The number of nitrogens with one attached hydrogen (secondary N) is 5. The van der Waals surface area contributed by atoms with Crippen molar-refractivity contribution in [2.24, 2.45) is 11.7 Å². The molecule has 5 amide bonds. The zero-order valence-electron chi connectivity index (χ0n) is 26.7. The first-order valence-electron chi connectivity index (χ1n) is 15.4. The van der Waals surface area contributed by atoms with E-state index in [1.165, 1.54) is 19.1 Å². The molecule has 0 aliphatic heterocycles. The number of carboxylic acid groups (broad SMARTS) is 1. The highest BCUT2D eigenvalue weighted by Crippen LogP contribution is 2.13. The fourth-order valence-electron chi connectivity index (χ4n) is 4.48. The Morgan fingerprint density at radius 1 is 0.778 bits per heavy atom. The summed E-state index contributed by atoms with van der Waals surface area (Å²) in [6.45, 7) is 6.96. The third kappa shape index (κ3) is 15.9. The van der Waals surface area contributed by atoms with Crippen molar-refractivity contribution in [3.8, 4) is 5.75 Å². The molecule has 0 bridgehead atoms. The summed E-state index contributed by atoms with van der Waals surface area (Å²) in [4.78, 5) is 75.7. The van der Waals surface area contributed by atoms with Crippen molar-refractivity contribution in [1.29, 1.82) is 0 Å². The van der Waals surface area contributed by atoms with E-state index < -0.39 is 59.7 Å². The van der Waals surface area contributed by atoms with Gasteiger partial charge in [0, 0.05) is 13.3 Å². The Hall–Kier alpha value is -4.20. The highest BCUT2D eigenvalue weighted by molar-refractivity contribution is 5.95. The lowest BCUT2D eigenvalue weighted by atomic mass is 10.00. The first-order chi connectivity index (χ1) is 21.3. The Bertz CT molecular complexity index is 1130. The predicted molar refractivity (Wildman–Crippen MR) is 168 cm³/mol. The normalized spacial score (nSPS) is 13.6. The summed E-state index contributed by atoms with van der Waals surface area (Å²) in [5.41, 5.74) is 6.21. The van der Waals surface area contributed by atoms with Gasteiger partial charge >= 0.3 is 5.97 Å². The van der Waals surface area contributed by atoms with Gasteiger partial charge in [0.15, 0.2) is 0 Å². The van der Waals surface area contributed by atoms with Crippen LogP contribution < -0.4 is 32.3 Å². The molecular formula is C31H50N6O8. The van der Waals surface area contributed by atoms with Gasteiger partial charge in [-0.25, -0.2) is 4.79 Å². The molecule has 0 saturated carbocycles. The summed E-state index contributed by atoms with van der Waals surface area (Å²) < 4.78 is 0. The maximum absolute atomic E-state index is 13.5. The van der Waals surface area contributed by atoms with E-state index in [1.54, 1.807) is 12.1 Å². The minimum absolute atomic E-state index is 0.0199. The molecule has 0 fully saturated rings. The maximum atomic E-state index is 13.5. The average molecular weight is 635 g/mol. The zero-order valence-corrected chi connectivity index (χ0v) is 26.7. The average Bonchev–Trinajstić information content (AvgIpc) is 2.97. The maximum Gasteiger partial charge on any atom is 0.326 e. The standard InChI is InChI=1S/C31H50N6O8/c1-5-6-9-23(34-27(40)18-33-20(4)38)28(41)35-24(10-7-8-15-32)29(42)36-25(16-19(2)3)30(43)37-26(31(44)45)17-21-11-13-22(39)14-12-21/h11-14,19,23-26,39H,5-10,15-18,32H2,1-4H3,(H,33,38)(H,34,40)(H,35,41)(H,36,42)(H,37,43)(H,44,45)/t23-,24-,25-,26-/m0/s1. The van der Waals surface area contributed by atoms with Crippen LogP contribution in [0.1, 0.15) is 78.2 Å². The number of phenols is 1.